The lowest BCUT2D eigenvalue weighted by atomic mass is 10.2. The summed E-state index contributed by atoms with van der Waals surface area (Å²) < 4.78 is 2.90. The maximum absolute atomic E-state index is 11.7. The monoisotopic (exact) mass is 246 g/mol. The number of hydrogen-bond donors (Lipinski definition) is 1. The Labute approximate surface area is 104 Å². The topological polar surface area (TPSA) is 58.7 Å². The number of hydrogen-bond acceptors (Lipinski definition) is 2. The van der Waals surface area contributed by atoms with Crippen LogP contribution in [0.4, 0.5) is 0 Å². The predicted molar refractivity (Wildman–Crippen MR) is 68.0 cm³/mol. The van der Waals surface area contributed by atoms with Crippen molar-refractivity contribution in [3.05, 3.63) is 56.0 Å². The molecule has 0 spiro atoms. The van der Waals surface area contributed by atoms with E-state index in [1.54, 1.807) is 0 Å². The molecule has 0 bridgehead atoms. The van der Waals surface area contributed by atoms with Gasteiger partial charge in [-0.2, -0.15) is 4.98 Å². The molecule has 94 valence electrons. The van der Waals surface area contributed by atoms with Crippen LogP contribution in [0.1, 0.15) is 17.0 Å². The summed E-state index contributed by atoms with van der Waals surface area (Å²) in [6.45, 7) is 5.89. The molecular weight excluding hydrogens is 230 g/mol. The normalized spacial score (nSPS) is 10.7. The minimum atomic E-state index is -0.413. The zero-order valence-electron chi connectivity index (χ0n) is 10.9. The molecule has 0 saturated carbocycles. The van der Waals surface area contributed by atoms with Gasteiger partial charge in [0.1, 0.15) is 11.4 Å². The molecule has 0 fully saturated rings. The fourth-order valence-electron chi connectivity index (χ4n) is 2.15. The Morgan fingerprint density at radius 2 is 1.61 bits per heavy atom. The lowest BCUT2D eigenvalue weighted by Crippen LogP contribution is -2.44. The molecule has 2 aromatic heterocycles. The number of H-pyrrole nitrogens is 1. The molecule has 18 heavy (non-hydrogen) atoms. The van der Waals surface area contributed by atoms with Gasteiger partial charge in [0, 0.05) is 7.05 Å². The van der Waals surface area contributed by atoms with Gasteiger partial charge in [-0.25, -0.2) is 13.9 Å². The lowest BCUT2D eigenvalue weighted by Gasteiger charge is -2.07. The molecule has 0 aliphatic carbocycles. The van der Waals surface area contributed by atoms with Gasteiger partial charge in [-0.05, 0) is 38.5 Å². The maximum atomic E-state index is 11.7. The Hall–Kier alpha value is -2.17. The first kappa shape index (κ1) is 12.3. The molecule has 5 heteroatoms. The Bertz CT molecular complexity index is 671. The number of aromatic nitrogens is 3. The number of aromatic amines is 1. The molecule has 2 rings (SSSR count). The molecular formula is C13H16N3O2+. The first-order valence-corrected chi connectivity index (χ1v) is 5.71. The van der Waals surface area contributed by atoms with Crippen LogP contribution in [0.2, 0.25) is 0 Å². The van der Waals surface area contributed by atoms with E-state index < -0.39 is 5.69 Å². The Morgan fingerprint density at radius 1 is 1.06 bits per heavy atom. The number of nitrogens with zero attached hydrogens (tertiary/aromatic N) is 2. The second-order valence-electron chi connectivity index (χ2n) is 4.51. The van der Waals surface area contributed by atoms with E-state index in [0.717, 1.165) is 21.5 Å². The molecule has 0 atom stereocenters. The Morgan fingerprint density at radius 3 is 2.11 bits per heavy atom. The van der Waals surface area contributed by atoms with Crippen molar-refractivity contribution in [1.29, 1.82) is 0 Å². The second kappa shape index (κ2) is 4.25. The second-order valence-corrected chi connectivity index (χ2v) is 4.51. The highest BCUT2D eigenvalue weighted by atomic mass is 16.2. The van der Waals surface area contributed by atoms with Crippen LogP contribution in [-0.2, 0) is 7.05 Å². The summed E-state index contributed by atoms with van der Waals surface area (Å²) in [5.41, 5.74) is 2.35. The minimum absolute atomic E-state index is 0.319. The molecule has 1 N–H and O–H groups in total. The SMILES string of the molecule is Cc1cc(C)[n+](-c2cc(=O)n(C)c(=O)[nH]2)c(C)c1. The van der Waals surface area contributed by atoms with E-state index >= 15 is 0 Å². The molecule has 0 saturated heterocycles. The van der Waals surface area contributed by atoms with Crippen LogP contribution in [0.25, 0.3) is 5.82 Å². The van der Waals surface area contributed by atoms with Crippen LogP contribution in [0.3, 0.4) is 0 Å². The summed E-state index contributed by atoms with van der Waals surface area (Å²) in [5.74, 6) is 0.498. The van der Waals surface area contributed by atoms with E-state index in [4.69, 9.17) is 0 Å². The Kier molecular flexibility index (Phi) is 2.90. The zero-order chi connectivity index (χ0) is 13.4. The first-order chi connectivity index (χ1) is 8.40. The van der Waals surface area contributed by atoms with Gasteiger partial charge in [0.05, 0.1) is 6.07 Å². The smallest absolute Gasteiger partial charge is 0.269 e. The lowest BCUT2D eigenvalue weighted by molar-refractivity contribution is -0.613. The van der Waals surface area contributed by atoms with Crippen molar-refractivity contribution < 1.29 is 4.57 Å². The molecule has 5 nitrogen and oxygen atoms in total. The molecule has 0 aromatic carbocycles. The quantitative estimate of drug-likeness (QED) is 0.735. The Balaban J connectivity index is 2.78. The fraction of sp³-hybridized carbons (Fsp3) is 0.308. The van der Waals surface area contributed by atoms with E-state index in [1.165, 1.54) is 13.1 Å². The average Bonchev–Trinajstić information content (AvgIpc) is 2.24. The molecule has 0 aliphatic rings. The summed E-state index contributed by atoms with van der Waals surface area (Å²) in [6.07, 6.45) is 0. The van der Waals surface area contributed by atoms with Crippen molar-refractivity contribution in [1.82, 2.24) is 9.55 Å². The molecule has 0 radical (unpaired) electrons. The number of pyridine rings is 1. The summed E-state index contributed by atoms with van der Waals surface area (Å²) >= 11 is 0. The number of rotatable bonds is 1. The van der Waals surface area contributed by atoms with Crippen LogP contribution >= 0.6 is 0 Å². The van der Waals surface area contributed by atoms with Crippen molar-refractivity contribution in [3.8, 4) is 5.82 Å². The number of nitrogens with one attached hydrogen (secondary N) is 1. The molecule has 2 heterocycles. The molecule has 0 amide bonds. The van der Waals surface area contributed by atoms with Gasteiger partial charge >= 0.3 is 5.69 Å². The largest absolute Gasteiger partial charge is 0.415 e. The van der Waals surface area contributed by atoms with Crippen molar-refractivity contribution >= 4 is 0 Å². The van der Waals surface area contributed by atoms with Gasteiger partial charge in [-0.15, -0.1) is 0 Å². The van der Waals surface area contributed by atoms with Gasteiger partial charge < -0.3 is 0 Å². The van der Waals surface area contributed by atoms with Crippen LogP contribution in [0.15, 0.2) is 27.8 Å². The van der Waals surface area contributed by atoms with Gasteiger partial charge in [-0.3, -0.25) is 4.79 Å². The third-order valence-electron chi connectivity index (χ3n) is 2.95. The third kappa shape index (κ3) is 1.99. The molecule has 2 aromatic rings. The highest BCUT2D eigenvalue weighted by molar-refractivity contribution is 5.18. The van der Waals surface area contributed by atoms with E-state index in [0.29, 0.717) is 5.82 Å². The summed E-state index contributed by atoms with van der Waals surface area (Å²) in [6, 6.07) is 5.43. The van der Waals surface area contributed by atoms with Crippen LogP contribution < -0.4 is 15.8 Å². The highest BCUT2D eigenvalue weighted by Crippen LogP contribution is 2.03. The fourth-order valence-corrected chi connectivity index (χ4v) is 2.15. The van der Waals surface area contributed by atoms with E-state index in [1.807, 2.05) is 37.5 Å². The summed E-state index contributed by atoms with van der Waals surface area (Å²) in [4.78, 5) is 26.0. The molecule has 0 unspecified atom stereocenters. The average molecular weight is 246 g/mol. The highest BCUT2D eigenvalue weighted by Gasteiger charge is 2.15. The van der Waals surface area contributed by atoms with Gasteiger partial charge in [0.15, 0.2) is 0 Å². The van der Waals surface area contributed by atoms with Crippen molar-refractivity contribution in [2.45, 2.75) is 20.8 Å². The van der Waals surface area contributed by atoms with E-state index in [-0.39, 0.29) is 5.56 Å². The third-order valence-corrected chi connectivity index (χ3v) is 2.95. The minimum Gasteiger partial charge on any atom is -0.269 e. The van der Waals surface area contributed by atoms with Gasteiger partial charge in [0.2, 0.25) is 0 Å². The van der Waals surface area contributed by atoms with Crippen LogP contribution in [0.5, 0.6) is 0 Å². The first-order valence-electron chi connectivity index (χ1n) is 5.71. The zero-order valence-corrected chi connectivity index (χ0v) is 10.9. The van der Waals surface area contributed by atoms with Crippen LogP contribution in [-0.4, -0.2) is 9.55 Å². The van der Waals surface area contributed by atoms with E-state index in [9.17, 15) is 9.59 Å². The molecule has 0 aliphatic heterocycles. The predicted octanol–water partition coefficient (Wildman–Crippen LogP) is 0.276. The van der Waals surface area contributed by atoms with Gasteiger partial charge in [0.25, 0.3) is 11.4 Å². The van der Waals surface area contributed by atoms with E-state index in [2.05, 4.69) is 4.98 Å². The summed E-state index contributed by atoms with van der Waals surface area (Å²) in [7, 11) is 1.45. The standard InChI is InChI=1S/C13H15N3O2/c1-8-5-9(2)16(10(3)6-8)11-7-12(17)15(4)13(18)14-11/h5-7H,1-4H3/p+1. The maximum Gasteiger partial charge on any atom is 0.415 e. The van der Waals surface area contributed by atoms with Crippen LogP contribution in [0, 0.1) is 20.8 Å². The number of aryl methyl sites for hydroxylation is 3. The van der Waals surface area contributed by atoms with Crippen molar-refractivity contribution in [2.24, 2.45) is 7.05 Å². The van der Waals surface area contributed by atoms with Gasteiger partial charge in [-0.1, -0.05) is 0 Å². The summed E-state index contributed by atoms with van der Waals surface area (Å²) in [5, 5.41) is 0. The van der Waals surface area contributed by atoms with Crippen molar-refractivity contribution in [3.63, 3.8) is 0 Å². The van der Waals surface area contributed by atoms with Crippen molar-refractivity contribution in [2.75, 3.05) is 0 Å².